The number of pyridine rings is 1. The maximum atomic E-state index is 12.4. The second-order valence-electron chi connectivity index (χ2n) is 6.00. The van der Waals surface area contributed by atoms with Crippen LogP contribution in [0.5, 0.6) is 11.5 Å². The number of aromatic hydroxyl groups is 1. The van der Waals surface area contributed by atoms with Crippen LogP contribution in [0.2, 0.25) is 0 Å². The number of ether oxygens (including phenoxy) is 3. The minimum absolute atomic E-state index is 0.0449. The Balaban J connectivity index is 1.96. The van der Waals surface area contributed by atoms with Crippen molar-refractivity contribution in [2.75, 3.05) is 14.2 Å². The highest BCUT2D eigenvalue weighted by Crippen LogP contribution is 2.30. The van der Waals surface area contributed by atoms with E-state index in [0.717, 1.165) is 5.39 Å². The first-order valence-corrected chi connectivity index (χ1v) is 8.47. The van der Waals surface area contributed by atoms with Gasteiger partial charge in [-0.1, -0.05) is 24.3 Å². The van der Waals surface area contributed by atoms with Crippen LogP contribution >= 0.6 is 0 Å². The summed E-state index contributed by atoms with van der Waals surface area (Å²) < 4.78 is 15.2. The van der Waals surface area contributed by atoms with Crippen molar-refractivity contribution in [3.05, 3.63) is 64.8 Å². The van der Waals surface area contributed by atoms with Gasteiger partial charge < -0.3 is 19.3 Å². The lowest BCUT2D eigenvalue weighted by Gasteiger charge is -2.14. The Kier molecular flexibility index (Phi) is 5.44. The first-order valence-electron chi connectivity index (χ1n) is 8.47. The van der Waals surface area contributed by atoms with E-state index in [1.165, 1.54) is 26.4 Å². The number of aromatic nitrogens is 1. The van der Waals surface area contributed by atoms with Crippen molar-refractivity contribution in [3.8, 4) is 11.5 Å². The molecule has 1 heterocycles. The number of hydrogen-bond acceptors (Lipinski definition) is 7. The molecule has 0 fully saturated rings. The van der Waals surface area contributed by atoms with Gasteiger partial charge in [0.05, 0.1) is 31.0 Å². The molecule has 28 heavy (non-hydrogen) atoms. The molecule has 0 amide bonds. The zero-order chi connectivity index (χ0) is 20.3. The minimum Gasteiger partial charge on any atom is -0.504 e. The number of hydrogen-bond donors (Lipinski definition) is 1. The Morgan fingerprint density at radius 3 is 2.50 bits per heavy atom. The van der Waals surface area contributed by atoms with Gasteiger partial charge in [-0.3, -0.25) is 0 Å². The Morgan fingerprint density at radius 2 is 1.79 bits per heavy atom. The number of carbonyl (C=O) groups excluding carboxylic acids is 2. The number of carbonyl (C=O) groups is 2. The van der Waals surface area contributed by atoms with Gasteiger partial charge in [0, 0.05) is 5.39 Å². The van der Waals surface area contributed by atoms with Gasteiger partial charge >= 0.3 is 11.9 Å². The van der Waals surface area contributed by atoms with E-state index in [1.54, 1.807) is 13.0 Å². The van der Waals surface area contributed by atoms with Crippen LogP contribution in [-0.4, -0.2) is 36.2 Å². The highest BCUT2D eigenvalue weighted by Gasteiger charge is 2.22. The van der Waals surface area contributed by atoms with Crippen LogP contribution in [-0.2, 0) is 16.1 Å². The lowest BCUT2D eigenvalue weighted by molar-refractivity contribution is 0.0451. The van der Waals surface area contributed by atoms with Crippen molar-refractivity contribution in [2.24, 2.45) is 0 Å². The van der Waals surface area contributed by atoms with Crippen molar-refractivity contribution in [2.45, 2.75) is 13.5 Å². The summed E-state index contributed by atoms with van der Waals surface area (Å²) in [6.45, 7) is 1.53. The highest BCUT2D eigenvalue weighted by atomic mass is 16.5. The third-order valence-corrected chi connectivity index (χ3v) is 4.40. The van der Waals surface area contributed by atoms with E-state index >= 15 is 0 Å². The lowest BCUT2D eigenvalue weighted by atomic mass is 10.0. The number of methoxy groups -OCH3 is 2. The van der Waals surface area contributed by atoms with Gasteiger partial charge in [-0.25, -0.2) is 14.6 Å². The van der Waals surface area contributed by atoms with E-state index in [2.05, 4.69) is 4.98 Å². The predicted molar refractivity (Wildman–Crippen MR) is 102 cm³/mol. The number of para-hydroxylation sites is 2. The number of phenols is 1. The first kappa shape index (κ1) is 19.2. The van der Waals surface area contributed by atoms with E-state index < -0.39 is 11.9 Å². The van der Waals surface area contributed by atoms with Gasteiger partial charge in [-0.15, -0.1) is 0 Å². The molecule has 2 aromatic carbocycles. The van der Waals surface area contributed by atoms with Gasteiger partial charge in [-0.2, -0.15) is 0 Å². The Bertz CT molecular complexity index is 1060. The molecule has 0 aliphatic rings. The molecule has 0 saturated carbocycles. The summed E-state index contributed by atoms with van der Waals surface area (Å²) in [5.41, 5.74) is 1.84. The molecule has 1 aromatic heterocycles. The van der Waals surface area contributed by atoms with Crippen LogP contribution in [0.4, 0.5) is 0 Å². The average molecular weight is 381 g/mol. The number of nitrogens with zero attached hydrogens (tertiary/aromatic N) is 1. The second kappa shape index (κ2) is 7.96. The maximum Gasteiger partial charge on any atom is 0.342 e. The SMILES string of the molecule is COC(=O)c1c(COC(=O)c2cccc(OC)c2O)nc2ccccc2c1C. The topological polar surface area (TPSA) is 95.0 Å². The van der Waals surface area contributed by atoms with E-state index in [-0.39, 0.29) is 34.9 Å². The van der Waals surface area contributed by atoms with Crippen molar-refractivity contribution >= 4 is 22.8 Å². The molecule has 0 bridgehead atoms. The fourth-order valence-electron chi connectivity index (χ4n) is 2.98. The summed E-state index contributed by atoms with van der Waals surface area (Å²) >= 11 is 0. The molecule has 0 atom stereocenters. The average Bonchev–Trinajstić information content (AvgIpc) is 2.71. The number of aryl methyl sites for hydroxylation is 1. The quantitative estimate of drug-likeness (QED) is 0.677. The van der Waals surface area contributed by atoms with Crippen LogP contribution in [0.3, 0.4) is 0 Å². The zero-order valence-electron chi connectivity index (χ0n) is 15.7. The summed E-state index contributed by atoms with van der Waals surface area (Å²) in [5, 5.41) is 10.9. The van der Waals surface area contributed by atoms with Gasteiger partial charge in [0.2, 0.25) is 0 Å². The van der Waals surface area contributed by atoms with E-state index in [9.17, 15) is 14.7 Å². The fourth-order valence-corrected chi connectivity index (χ4v) is 2.98. The van der Waals surface area contributed by atoms with Gasteiger partial charge in [0.25, 0.3) is 0 Å². The molecule has 0 radical (unpaired) electrons. The van der Waals surface area contributed by atoms with Crippen molar-refractivity contribution in [1.29, 1.82) is 0 Å². The largest absolute Gasteiger partial charge is 0.504 e. The molecular weight excluding hydrogens is 362 g/mol. The summed E-state index contributed by atoms with van der Waals surface area (Å²) in [5.74, 6) is -1.49. The molecule has 3 rings (SSSR count). The van der Waals surface area contributed by atoms with Gasteiger partial charge in [0.15, 0.2) is 11.5 Å². The standard InChI is InChI=1S/C21H19NO6/c1-12-13-7-4-5-9-15(13)22-16(18(12)21(25)27-3)11-28-20(24)14-8-6-10-17(26-2)19(14)23/h4-10,23H,11H2,1-3H3. The molecule has 144 valence electrons. The third kappa shape index (κ3) is 3.46. The Hall–Kier alpha value is -3.61. The number of fused-ring (bicyclic) bond motifs is 1. The smallest absolute Gasteiger partial charge is 0.342 e. The second-order valence-corrected chi connectivity index (χ2v) is 6.00. The zero-order valence-corrected chi connectivity index (χ0v) is 15.7. The summed E-state index contributed by atoms with van der Waals surface area (Å²) in [7, 11) is 2.66. The van der Waals surface area contributed by atoms with E-state index in [1.807, 2.05) is 24.3 Å². The molecule has 7 heteroatoms. The van der Waals surface area contributed by atoms with Crippen molar-refractivity contribution in [3.63, 3.8) is 0 Å². The summed E-state index contributed by atoms with van der Waals surface area (Å²) in [6, 6.07) is 11.8. The highest BCUT2D eigenvalue weighted by molar-refractivity contribution is 5.98. The van der Waals surface area contributed by atoms with Gasteiger partial charge in [-0.05, 0) is 30.7 Å². The van der Waals surface area contributed by atoms with E-state index in [0.29, 0.717) is 11.1 Å². The normalized spacial score (nSPS) is 10.5. The number of esters is 2. The summed E-state index contributed by atoms with van der Waals surface area (Å²) in [4.78, 5) is 29.2. The maximum absolute atomic E-state index is 12.4. The Morgan fingerprint density at radius 1 is 1.04 bits per heavy atom. The van der Waals surface area contributed by atoms with Crippen LogP contribution in [0.1, 0.15) is 32.0 Å². The number of benzene rings is 2. The first-order chi connectivity index (χ1) is 13.5. The molecule has 0 aliphatic heterocycles. The minimum atomic E-state index is -0.764. The molecule has 0 spiro atoms. The Labute approximate surface area is 161 Å². The molecule has 0 saturated heterocycles. The molecular formula is C21H19NO6. The van der Waals surface area contributed by atoms with Crippen LogP contribution in [0, 0.1) is 6.92 Å². The van der Waals surface area contributed by atoms with Crippen LogP contribution in [0.25, 0.3) is 10.9 Å². The number of phenolic OH excluding ortho intramolecular Hbond substituents is 1. The van der Waals surface area contributed by atoms with Crippen LogP contribution in [0.15, 0.2) is 42.5 Å². The molecule has 7 nitrogen and oxygen atoms in total. The molecule has 1 N–H and O–H groups in total. The molecule has 0 unspecified atom stereocenters. The molecule has 0 aliphatic carbocycles. The lowest BCUT2D eigenvalue weighted by Crippen LogP contribution is -2.14. The fraction of sp³-hybridized carbons (Fsp3) is 0.190. The van der Waals surface area contributed by atoms with Crippen molar-refractivity contribution in [1.82, 2.24) is 4.98 Å². The third-order valence-electron chi connectivity index (χ3n) is 4.40. The summed E-state index contributed by atoms with van der Waals surface area (Å²) in [6.07, 6.45) is 0. The van der Waals surface area contributed by atoms with Crippen LogP contribution < -0.4 is 4.74 Å². The molecule has 3 aromatic rings. The predicted octanol–water partition coefficient (Wildman–Crippen LogP) is 3.40. The van der Waals surface area contributed by atoms with Crippen molar-refractivity contribution < 1.29 is 28.9 Å². The van der Waals surface area contributed by atoms with E-state index in [4.69, 9.17) is 14.2 Å². The monoisotopic (exact) mass is 381 g/mol. The number of rotatable bonds is 5. The van der Waals surface area contributed by atoms with Gasteiger partial charge in [0.1, 0.15) is 12.2 Å².